The number of amides is 1. The number of aromatic nitrogens is 2. The molecule has 0 radical (unpaired) electrons. The molecule has 0 atom stereocenters. The van der Waals surface area contributed by atoms with Gasteiger partial charge in [0.1, 0.15) is 0 Å². The Kier molecular flexibility index (Phi) is 4.83. The maximum absolute atomic E-state index is 11.5. The molecule has 4 aliphatic carbocycles. The van der Waals surface area contributed by atoms with E-state index in [9.17, 15) is 9.59 Å². The van der Waals surface area contributed by atoms with Crippen LogP contribution in [0.4, 0.5) is 0 Å². The van der Waals surface area contributed by atoms with Gasteiger partial charge in [-0.2, -0.15) is 5.10 Å². The van der Waals surface area contributed by atoms with Gasteiger partial charge in [-0.1, -0.05) is 0 Å². The zero-order valence-electron chi connectivity index (χ0n) is 14.7. The first-order valence-electron chi connectivity index (χ1n) is 9.13. The minimum absolute atomic E-state index is 0.00778. The summed E-state index contributed by atoms with van der Waals surface area (Å²) in [5.41, 5.74) is 6.25. The fourth-order valence-electron chi connectivity index (χ4n) is 5.54. The topological polar surface area (TPSA) is 97.7 Å². The van der Waals surface area contributed by atoms with Gasteiger partial charge in [0.15, 0.2) is 5.69 Å². The lowest BCUT2D eigenvalue weighted by Crippen LogP contribution is -2.52. The van der Waals surface area contributed by atoms with E-state index in [0.29, 0.717) is 0 Å². The van der Waals surface area contributed by atoms with Crippen LogP contribution in [0.2, 0.25) is 0 Å². The Morgan fingerprint density at radius 3 is 2.15 bits per heavy atom. The molecule has 4 fully saturated rings. The number of carboxylic acids is 1. The van der Waals surface area contributed by atoms with Crippen molar-refractivity contribution in [2.45, 2.75) is 38.5 Å². The van der Waals surface area contributed by atoms with Gasteiger partial charge in [-0.25, -0.2) is 9.31 Å². The quantitative estimate of drug-likeness (QED) is 0.646. The third-order valence-corrected chi connectivity index (χ3v) is 7.34. The molecule has 0 aromatic carbocycles. The molecule has 2 aromatic heterocycles. The predicted octanol–water partition coefficient (Wildman–Crippen LogP) is 4.25. The first kappa shape index (κ1) is 18.9. The number of hydrogen-bond acceptors (Lipinski definition) is 3. The lowest BCUT2D eigenvalue weighted by Gasteiger charge is -2.55. The van der Waals surface area contributed by atoms with E-state index in [4.69, 9.17) is 10.8 Å². The summed E-state index contributed by atoms with van der Waals surface area (Å²) < 4.78 is 3.14. The molecular formula is C19H21Br2N3O3. The Hall–Kier alpha value is -1.41. The van der Waals surface area contributed by atoms with Gasteiger partial charge in [0, 0.05) is 20.6 Å². The monoisotopic (exact) mass is 497 g/mol. The minimum Gasteiger partial charge on any atom is -0.476 e. The van der Waals surface area contributed by atoms with Gasteiger partial charge in [0.05, 0.1) is 5.52 Å². The molecule has 6 rings (SSSR count). The molecule has 4 bridgehead atoms. The highest BCUT2D eigenvalue weighted by molar-refractivity contribution is 9.11. The second-order valence-electron chi connectivity index (χ2n) is 8.23. The highest BCUT2D eigenvalue weighted by Gasteiger charge is 2.53. The van der Waals surface area contributed by atoms with E-state index in [1.165, 1.54) is 29.8 Å². The molecule has 0 saturated heterocycles. The Morgan fingerprint density at radius 2 is 1.67 bits per heavy atom. The zero-order valence-corrected chi connectivity index (χ0v) is 17.9. The van der Waals surface area contributed by atoms with E-state index >= 15 is 0 Å². The number of rotatable bonds is 2. The Morgan fingerprint density at radius 1 is 1.11 bits per heavy atom. The SMILES string of the molecule is NC(=O)C12CC3CC(CC(C3)C1)C2.O=C(O)c1cc2c(Br)cc(Br)cn2n1. The van der Waals surface area contributed by atoms with Crippen LogP contribution >= 0.6 is 31.9 Å². The average molecular weight is 499 g/mol. The van der Waals surface area contributed by atoms with Crippen molar-refractivity contribution in [3.63, 3.8) is 0 Å². The molecule has 2 aromatic rings. The predicted molar refractivity (Wildman–Crippen MR) is 107 cm³/mol. The normalized spacial score (nSPS) is 30.8. The molecule has 0 unspecified atom stereocenters. The number of halogens is 2. The number of nitrogens with zero attached hydrogens (tertiary/aromatic N) is 2. The summed E-state index contributed by atoms with van der Waals surface area (Å²) in [6.07, 6.45) is 9.16. The van der Waals surface area contributed by atoms with Crippen molar-refractivity contribution in [1.29, 1.82) is 0 Å². The van der Waals surface area contributed by atoms with Crippen molar-refractivity contribution < 1.29 is 14.7 Å². The summed E-state index contributed by atoms with van der Waals surface area (Å²) in [7, 11) is 0. The Bertz CT molecular complexity index is 889. The molecule has 8 heteroatoms. The summed E-state index contributed by atoms with van der Waals surface area (Å²) >= 11 is 6.62. The summed E-state index contributed by atoms with van der Waals surface area (Å²) in [6.45, 7) is 0. The van der Waals surface area contributed by atoms with Crippen LogP contribution in [0.5, 0.6) is 0 Å². The average Bonchev–Trinajstić information content (AvgIpc) is 2.98. The van der Waals surface area contributed by atoms with E-state index in [1.807, 2.05) is 6.07 Å². The minimum atomic E-state index is -1.03. The smallest absolute Gasteiger partial charge is 0.356 e. The van der Waals surface area contributed by atoms with Crippen LogP contribution in [0.15, 0.2) is 27.3 Å². The molecule has 1 amide bonds. The van der Waals surface area contributed by atoms with Crippen LogP contribution < -0.4 is 5.73 Å². The molecular weight excluding hydrogens is 478 g/mol. The molecule has 0 spiro atoms. The first-order chi connectivity index (χ1) is 12.8. The number of carbonyl (C=O) groups is 2. The van der Waals surface area contributed by atoms with Gasteiger partial charge < -0.3 is 10.8 Å². The molecule has 4 saturated carbocycles. The van der Waals surface area contributed by atoms with Crippen LogP contribution in [-0.2, 0) is 4.79 Å². The molecule has 6 nitrogen and oxygen atoms in total. The summed E-state index contributed by atoms with van der Waals surface area (Å²) in [5, 5.41) is 12.6. The Balaban J connectivity index is 0.000000134. The molecule has 4 aliphatic rings. The van der Waals surface area contributed by atoms with Gasteiger partial charge in [-0.3, -0.25) is 4.79 Å². The van der Waals surface area contributed by atoms with E-state index in [0.717, 1.165) is 51.5 Å². The molecule has 3 N–H and O–H groups in total. The summed E-state index contributed by atoms with van der Waals surface area (Å²) in [4.78, 5) is 22.1. The van der Waals surface area contributed by atoms with Gasteiger partial charge >= 0.3 is 5.97 Å². The maximum Gasteiger partial charge on any atom is 0.356 e. The molecule has 27 heavy (non-hydrogen) atoms. The van der Waals surface area contributed by atoms with Crippen molar-refractivity contribution in [3.05, 3.63) is 33.0 Å². The fraction of sp³-hybridized carbons (Fsp3) is 0.526. The van der Waals surface area contributed by atoms with Crippen LogP contribution in [0.1, 0.15) is 49.0 Å². The van der Waals surface area contributed by atoms with Crippen molar-refractivity contribution in [2.24, 2.45) is 28.9 Å². The van der Waals surface area contributed by atoms with E-state index in [1.54, 1.807) is 6.20 Å². The van der Waals surface area contributed by atoms with E-state index < -0.39 is 5.97 Å². The van der Waals surface area contributed by atoms with Crippen LogP contribution in [0.3, 0.4) is 0 Å². The van der Waals surface area contributed by atoms with Crippen molar-refractivity contribution in [2.75, 3.05) is 0 Å². The van der Waals surface area contributed by atoms with E-state index in [2.05, 4.69) is 37.0 Å². The van der Waals surface area contributed by atoms with Gasteiger partial charge in [-0.05, 0) is 100 Å². The molecule has 144 valence electrons. The van der Waals surface area contributed by atoms with Crippen LogP contribution in [0.25, 0.3) is 5.52 Å². The highest BCUT2D eigenvalue weighted by atomic mass is 79.9. The van der Waals surface area contributed by atoms with Crippen molar-refractivity contribution in [1.82, 2.24) is 9.61 Å². The zero-order chi connectivity index (χ0) is 19.3. The van der Waals surface area contributed by atoms with Gasteiger partial charge in [0.2, 0.25) is 5.91 Å². The number of aromatic carboxylic acids is 1. The number of carboxylic acid groups (broad SMARTS) is 1. The first-order valence-corrected chi connectivity index (χ1v) is 10.7. The van der Waals surface area contributed by atoms with Crippen LogP contribution in [0, 0.1) is 23.2 Å². The largest absolute Gasteiger partial charge is 0.476 e. The number of hydrogen-bond donors (Lipinski definition) is 2. The number of fused-ring (bicyclic) bond motifs is 1. The highest BCUT2D eigenvalue weighted by Crippen LogP contribution is 2.59. The maximum atomic E-state index is 11.5. The third-order valence-electron chi connectivity index (χ3n) is 6.27. The van der Waals surface area contributed by atoms with E-state index in [-0.39, 0.29) is 17.0 Å². The van der Waals surface area contributed by atoms with Gasteiger partial charge in [0.25, 0.3) is 0 Å². The fourth-order valence-corrected chi connectivity index (χ4v) is 6.81. The Labute approximate surface area is 173 Å². The van der Waals surface area contributed by atoms with Gasteiger partial charge in [-0.15, -0.1) is 0 Å². The summed E-state index contributed by atoms with van der Waals surface area (Å²) in [6, 6.07) is 3.35. The van der Waals surface area contributed by atoms with Crippen molar-refractivity contribution >= 4 is 49.3 Å². The lowest BCUT2D eigenvalue weighted by molar-refractivity contribution is -0.142. The van der Waals surface area contributed by atoms with Crippen LogP contribution in [-0.4, -0.2) is 26.6 Å². The number of pyridine rings is 1. The molecule has 0 aliphatic heterocycles. The molecule has 2 heterocycles. The lowest BCUT2D eigenvalue weighted by atomic mass is 9.49. The number of nitrogens with two attached hydrogens (primary N) is 1. The third kappa shape index (κ3) is 3.53. The van der Waals surface area contributed by atoms with Crippen molar-refractivity contribution in [3.8, 4) is 0 Å². The second-order valence-corrected chi connectivity index (χ2v) is 10.0. The standard InChI is InChI=1S/C11H17NO.C8H4Br2N2O2/c12-10(13)11-4-7-1-8(5-11)3-9(2-7)6-11;9-4-1-5(10)7-2-6(8(13)14)11-12(7)3-4/h7-9H,1-6H2,(H2,12,13);1-3H,(H,13,14). The summed E-state index contributed by atoms with van der Waals surface area (Å²) in [5.74, 6) is 1.46. The number of primary amides is 1. The second kappa shape index (κ2) is 6.88. The number of carbonyl (C=O) groups excluding carboxylic acids is 1.